The Balaban J connectivity index is 1.55. The molecule has 0 amide bonds. The third-order valence-corrected chi connectivity index (χ3v) is 3.83. The first kappa shape index (κ1) is 13.1. The zero-order valence-corrected chi connectivity index (χ0v) is 11.9. The van der Waals surface area contributed by atoms with Gasteiger partial charge in [-0.25, -0.2) is 0 Å². The highest BCUT2D eigenvalue weighted by Crippen LogP contribution is 2.23. The number of aromatic nitrogens is 1. The highest BCUT2D eigenvalue weighted by molar-refractivity contribution is 5.56. The Bertz CT molecular complexity index is 566. The third-order valence-electron chi connectivity index (χ3n) is 3.83. The fourth-order valence-corrected chi connectivity index (χ4v) is 2.70. The molecule has 0 radical (unpaired) electrons. The summed E-state index contributed by atoms with van der Waals surface area (Å²) in [4.78, 5) is 4.04. The molecular weight excluding hydrogens is 246 g/mol. The topological polar surface area (TPSA) is 37.0 Å². The van der Waals surface area contributed by atoms with Crippen LogP contribution in [0.25, 0.3) is 0 Å². The van der Waals surface area contributed by atoms with Crippen LogP contribution in [0.4, 0.5) is 5.69 Å². The number of pyridine rings is 1. The van der Waals surface area contributed by atoms with Crippen LogP contribution in [0.1, 0.15) is 23.6 Å². The van der Waals surface area contributed by atoms with Gasteiger partial charge in [-0.05, 0) is 54.7 Å². The predicted octanol–water partition coefficient (Wildman–Crippen LogP) is 2.77. The maximum atomic E-state index is 4.04. The van der Waals surface area contributed by atoms with Gasteiger partial charge < -0.3 is 10.6 Å². The van der Waals surface area contributed by atoms with Gasteiger partial charge in [0.05, 0.1) is 0 Å². The molecule has 0 spiro atoms. The van der Waals surface area contributed by atoms with E-state index in [4.69, 9.17) is 0 Å². The number of benzene rings is 1. The molecule has 0 aliphatic carbocycles. The number of fused-ring (bicyclic) bond motifs is 1. The molecule has 1 aromatic heterocycles. The fourth-order valence-electron chi connectivity index (χ4n) is 2.70. The first-order valence-electron chi connectivity index (χ1n) is 7.29. The van der Waals surface area contributed by atoms with E-state index < -0.39 is 0 Å². The van der Waals surface area contributed by atoms with Crippen molar-refractivity contribution in [1.82, 2.24) is 10.3 Å². The maximum Gasteiger partial charge on any atom is 0.0373 e. The highest BCUT2D eigenvalue weighted by atomic mass is 14.9. The summed E-state index contributed by atoms with van der Waals surface area (Å²) in [6, 6.07) is 11.4. The molecule has 1 aliphatic heterocycles. The molecule has 1 aromatic carbocycles. The van der Waals surface area contributed by atoms with E-state index in [1.807, 2.05) is 12.4 Å². The Hall–Kier alpha value is -1.87. The molecule has 2 heterocycles. The summed E-state index contributed by atoms with van der Waals surface area (Å²) in [5.41, 5.74) is 5.47. The van der Waals surface area contributed by atoms with E-state index in [0.29, 0.717) is 6.04 Å². The van der Waals surface area contributed by atoms with Gasteiger partial charge in [-0.2, -0.15) is 0 Å². The summed E-state index contributed by atoms with van der Waals surface area (Å²) in [7, 11) is 0. The van der Waals surface area contributed by atoms with Crippen LogP contribution in [0.2, 0.25) is 0 Å². The van der Waals surface area contributed by atoms with Gasteiger partial charge in [0.2, 0.25) is 0 Å². The van der Waals surface area contributed by atoms with Gasteiger partial charge in [-0.1, -0.05) is 12.1 Å². The molecule has 2 N–H and O–H groups in total. The van der Waals surface area contributed by atoms with Crippen molar-refractivity contribution in [2.75, 3.05) is 11.9 Å². The van der Waals surface area contributed by atoms with Gasteiger partial charge in [0, 0.05) is 37.2 Å². The first-order chi connectivity index (χ1) is 9.81. The smallest absolute Gasteiger partial charge is 0.0373 e. The number of rotatable bonds is 5. The lowest BCUT2D eigenvalue weighted by Crippen LogP contribution is -2.27. The van der Waals surface area contributed by atoms with Crippen LogP contribution in [-0.2, 0) is 19.4 Å². The van der Waals surface area contributed by atoms with E-state index in [1.54, 1.807) is 0 Å². The molecule has 1 aliphatic rings. The van der Waals surface area contributed by atoms with Crippen molar-refractivity contribution in [2.45, 2.75) is 32.4 Å². The molecule has 0 saturated heterocycles. The van der Waals surface area contributed by atoms with Gasteiger partial charge >= 0.3 is 0 Å². The molecule has 20 heavy (non-hydrogen) atoms. The van der Waals surface area contributed by atoms with Crippen LogP contribution in [0.3, 0.4) is 0 Å². The van der Waals surface area contributed by atoms with Crippen LogP contribution >= 0.6 is 0 Å². The quantitative estimate of drug-likeness (QED) is 0.874. The maximum absolute atomic E-state index is 4.04. The Morgan fingerprint density at radius 3 is 2.90 bits per heavy atom. The van der Waals surface area contributed by atoms with Crippen molar-refractivity contribution >= 4 is 5.69 Å². The fraction of sp³-hybridized carbons (Fsp3) is 0.353. The Morgan fingerprint density at radius 2 is 2.05 bits per heavy atom. The first-order valence-corrected chi connectivity index (χ1v) is 7.29. The zero-order valence-electron chi connectivity index (χ0n) is 11.9. The average molecular weight is 267 g/mol. The van der Waals surface area contributed by atoms with Crippen molar-refractivity contribution in [3.63, 3.8) is 0 Å². The molecule has 0 bridgehead atoms. The average Bonchev–Trinajstić information content (AvgIpc) is 2.94. The number of hydrogen-bond acceptors (Lipinski definition) is 3. The van der Waals surface area contributed by atoms with Gasteiger partial charge in [0.25, 0.3) is 0 Å². The molecule has 1 atom stereocenters. The molecule has 0 saturated carbocycles. The van der Waals surface area contributed by atoms with Crippen LogP contribution in [0, 0.1) is 0 Å². The largest absolute Gasteiger partial charge is 0.384 e. The normalized spacial score (nSPS) is 14.7. The Morgan fingerprint density at radius 1 is 1.20 bits per heavy atom. The minimum atomic E-state index is 0.468. The monoisotopic (exact) mass is 267 g/mol. The zero-order chi connectivity index (χ0) is 13.8. The number of anilines is 1. The summed E-state index contributed by atoms with van der Waals surface area (Å²) in [5, 5.41) is 6.98. The number of nitrogens with one attached hydrogen (secondary N) is 2. The van der Waals surface area contributed by atoms with E-state index in [-0.39, 0.29) is 0 Å². The van der Waals surface area contributed by atoms with E-state index in [1.165, 1.54) is 22.4 Å². The Labute approximate surface area is 120 Å². The summed E-state index contributed by atoms with van der Waals surface area (Å²) >= 11 is 0. The van der Waals surface area contributed by atoms with Crippen LogP contribution in [0.5, 0.6) is 0 Å². The van der Waals surface area contributed by atoms with Gasteiger partial charge in [0.15, 0.2) is 0 Å². The lowest BCUT2D eigenvalue weighted by atomic mass is 10.0. The summed E-state index contributed by atoms with van der Waals surface area (Å²) in [5.74, 6) is 0. The molecule has 3 nitrogen and oxygen atoms in total. The second kappa shape index (κ2) is 6.06. The lowest BCUT2D eigenvalue weighted by Gasteiger charge is -2.14. The minimum absolute atomic E-state index is 0.468. The summed E-state index contributed by atoms with van der Waals surface area (Å²) < 4.78 is 0. The van der Waals surface area contributed by atoms with Crippen LogP contribution in [-0.4, -0.2) is 17.6 Å². The Kier molecular flexibility index (Phi) is 3.97. The SMILES string of the molecule is CC(Cc1ccc2c(c1)CCN2)NCc1ccncc1. The molecule has 2 aromatic rings. The van der Waals surface area contributed by atoms with Crippen LogP contribution in [0.15, 0.2) is 42.7 Å². The second-order valence-electron chi connectivity index (χ2n) is 5.51. The van der Waals surface area contributed by atoms with E-state index in [0.717, 1.165) is 25.9 Å². The number of nitrogens with zero attached hydrogens (tertiary/aromatic N) is 1. The van der Waals surface area contributed by atoms with Gasteiger partial charge in [-0.15, -0.1) is 0 Å². The molecule has 0 fully saturated rings. The van der Waals surface area contributed by atoms with E-state index >= 15 is 0 Å². The molecule has 3 rings (SSSR count). The van der Waals surface area contributed by atoms with Crippen molar-refractivity contribution in [2.24, 2.45) is 0 Å². The number of hydrogen-bond donors (Lipinski definition) is 2. The third kappa shape index (κ3) is 3.17. The summed E-state index contributed by atoms with van der Waals surface area (Å²) in [6.45, 7) is 4.22. The minimum Gasteiger partial charge on any atom is -0.384 e. The van der Waals surface area contributed by atoms with Crippen molar-refractivity contribution < 1.29 is 0 Å². The van der Waals surface area contributed by atoms with Crippen molar-refractivity contribution in [3.05, 3.63) is 59.4 Å². The predicted molar refractivity (Wildman–Crippen MR) is 82.9 cm³/mol. The van der Waals surface area contributed by atoms with Crippen molar-refractivity contribution in [1.29, 1.82) is 0 Å². The molecule has 1 unspecified atom stereocenters. The lowest BCUT2D eigenvalue weighted by molar-refractivity contribution is 0.545. The molecular formula is C17H21N3. The summed E-state index contributed by atoms with van der Waals surface area (Å²) in [6.07, 6.45) is 5.91. The molecule has 104 valence electrons. The standard InChI is InChI=1S/C17H21N3/c1-13(20-12-14-4-7-18-8-5-14)10-15-2-3-17-16(11-15)6-9-19-17/h2-5,7-8,11,13,19-20H,6,9-10,12H2,1H3. The second-order valence-corrected chi connectivity index (χ2v) is 5.51. The van der Waals surface area contributed by atoms with Gasteiger partial charge in [-0.3, -0.25) is 4.98 Å². The van der Waals surface area contributed by atoms with Gasteiger partial charge in [0.1, 0.15) is 0 Å². The van der Waals surface area contributed by atoms with Crippen LogP contribution < -0.4 is 10.6 Å². The highest BCUT2D eigenvalue weighted by Gasteiger charge is 2.11. The molecule has 3 heteroatoms. The van der Waals surface area contributed by atoms with E-state index in [9.17, 15) is 0 Å². The van der Waals surface area contributed by atoms with E-state index in [2.05, 4.69) is 52.9 Å². The van der Waals surface area contributed by atoms with Crippen molar-refractivity contribution in [3.8, 4) is 0 Å².